The van der Waals surface area contributed by atoms with Crippen LogP contribution in [-0.4, -0.2) is 6.54 Å². The predicted molar refractivity (Wildman–Crippen MR) is 91.0 cm³/mol. The number of nitrogens with zero attached hydrogens (tertiary/aromatic N) is 1. The van der Waals surface area contributed by atoms with E-state index in [1.54, 1.807) is 0 Å². The Hall–Kier alpha value is -2.32. The van der Waals surface area contributed by atoms with Crippen LogP contribution in [0.5, 0.6) is 0 Å². The number of rotatable bonds is 4. The average molecular weight is 276 g/mol. The molecule has 0 saturated heterocycles. The molecule has 0 unspecified atom stereocenters. The van der Waals surface area contributed by atoms with Crippen molar-refractivity contribution in [3.05, 3.63) is 72.3 Å². The molecule has 2 heteroatoms. The minimum atomic E-state index is 0.568. The second-order valence-corrected chi connectivity index (χ2v) is 5.07. The van der Waals surface area contributed by atoms with Crippen LogP contribution < -0.4 is 10.6 Å². The number of benzene rings is 3. The molecule has 0 saturated carbocycles. The fraction of sp³-hybridized carbons (Fsp3) is 0.158. The first-order valence-electron chi connectivity index (χ1n) is 7.38. The highest BCUT2D eigenvalue weighted by Gasteiger charge is 2.11. The summed E-state index contributed by atoms with van der Waals surface area (Å²) in [6, 6.07) is 23.3. The van der Waals surface area contributed by atoms with Gasteiger partial charge in [0.15, 0.2) is 0 Å². The maximum atomic E-state index is 5.87. The maximum absolute atomic E-state index is 5.87. The fourth-order valence-electron chi connectivity index (χ4n) is 2.86. The molecule has 3 aromatic carbocycles. The summed E-state index contributed by atoms with van der Waals surface area (Å²) in [5, 5.41) is 2.50. The summed E-state index contributed by atoms with van der Waals surface area (Å²) in [5.41, 5.74) is 9.51. The van der Waals surface area contributed by atoms with Crippen LogP contribution in [0.3, 0.4) is 0 Å². The van der Waals surface area contributed by atoms with E-state index in [1.165, 1.54) is 27.7 Å². The van der Waals surface area contributed by atoms with Gasteiger partial charge in [-0.2, -0.15) is 0 Å². The molecule has 0 heterocycles. The Morgan fingerprint density at radius 1 is 0.810 bits per heavy atom. The van der Waals surface area contributed by atoms with E-state index in [1.807, 2.05) is 6.07 Å². The molecule has 0 fully saturated rings. The van der Waals surface area contributed by atoms with E-state index in [4.69, 9.17) is 5.73 Å². The summed E-state index contributed by atoms with van der Waals surface area (Å²) in [6.45, 7) is 3.67. The van der Waals surface area contributed by atoms with Gasteiger partial charge in [0.2, 0.25) is 0 Å². The van der Waals surface area contributed by atoms with Crippen molar-refractivity contribution in [3.8, 4) is 0 Å². The summed E-state index contributed by atoms with van der Waals surface area (Å²) in [7, 11) is 0. The van der Waals surface area contributed by atoms with Crippen molar-refractivity contribution in [1.82, 2.24) is 0 Å². The molecule has 0 radical (unpaired) electrons. The van der Waals surface area contributed by atoms with Crippen LogP contribution in [-0.2, 0) is 6.54 Å². The van der Waals surface area contributed by atoms with Crippen LogP contribution in [0.2, 0.25) is 0 Å². The van der Waals surface area contributed by atoms with E-state index < -0.39 is 0 Å². The molecule has 3 aromatic rings. The molecule has 3 rings (SSSR count). The zero-order valence-electron chi connectivity index (χ0n) is 12.3. The highest BCUT2D eigenvalue weighted by Crippen LogP contribution is 2.33. The van der Waals surface area contributed by atoms with E-state index in [0.29, 0.717) is 6.54 Å². The van der Waals surface area contributed by atoms with E-state index in [9.17, 15) is 0 Å². The van der Waals surface area contributed by atoms with Crippen LogP contribution in [0.1, 0.15) is 12.5 Å². The SMILES string of the molecule is CCN(c1ccccc1)c1ccc(CN)c2ccccc12. The van der Waals surface area contributed by atoms with Gasteiger partial charge in [-0.25, -0.2) is 0 Å². The van der Waals surface area contributed by atoms with Gasteiger partial charge in [0.25, 0.3) is 0 Å². The van der Waals surface area contributed by atoms with Crippen molar-refractivity contribution >= 4 is 22.1 Å². The second-order valence-electron chi connectivity index (χ2n) is 5.07. The van der Waals surface area contributed by atoms with Crippen molar-refractivity contribution in [3.63, 3.8) is 0 Å². The first kappa shape index (κ1) is 13.7. The molecule has 0 aliphatic carbocycles. The molecule has 0 bridgehead atoms. The minimum absolute atomic E-state index is 0.568. The fourth-order valence-corrected chi connectivity index (χ4v) is 2.86. The number of anilines is 2. The van der Waals surface area contributed by atoms with Crippen LogP contribution in [0.4, 0.5) is 11.4 Å². The number of nitrogens with two attached hydrogens (primary N) is 1. The molecular weight excluding hydrogens is 256 g/mol. The Labute approximate surface area is 125 Å². The third kappa shape index (κ3) is 2.50. The maximum Gasteiger partial charge on any atom is 0.0490 e. The van der Waals surface area contributed by atoms with Gasteiger partial charge in [-0.3, -0.25) is 0 Å². The summed E-state index contributed by atoms with van der Waals surface area (Å²) >= 11 is 0. The van der Waals surface area contributed by atoms with Crippen molar-refractivity contribution in [2.24, 2.45) is 5.73 Å². The van der Waals surface area contributed by atoms with Gasteiger partial charge in [-0.1, -0.05) is 48.5 Å². The van der Waals surface area contributed by atoms with E-state index in [0.717, 1.165) is 6.54 Å². The van der Waals surface area contributed by atoms with Crippen molar-refractivity contribution in [1.29, 1.82) is 0 Å². The molecule has 2 nitrogen and oxygen atoms in total. The highest BCUT2D eigenvalue weighted by molar-refractivity contribution is 5.98. The standard InChI is InChI=1S/C19H20N2/c1-2-21(16-8-4-3-5-9-16)19-13-12-15(14-20)17-10-6-7-11-18(17)19/h3-13H,2,14,20H2,1H3. The number of hydrogen-bond donors (Lipinski definition) is 1. The third-order valence-electron chi connectivity index (χ3n) is 3.89. The van der Waals surface area contributed by atoms with Crippen molar-refractivity contribution in [2.45, 2.75) is 13.5 Å². The van der Waals surface area contributed by atoms with Crippen LogP contribution in [0.15, 0.2) is 66.7 Å². The first-order valence-corrected chi connectivity index (χ1v) is 7.38. The Morgan fingerprint density at radius 2 is 1.48 bits per heavy atom. The second kappa shape index (κ2) is 5.98. The monoisotopic (exact) mass is 276 g/mol. The van der Waals surface area contributed by atoms with Crippen molar-refractivity contribution < 1.29 is 0 Å². The van der Waals surface area contributed by atoms with Crippen LogP contribution in [0, 0.1) is 0 Å². The molecule has 0 spiro atoms. The van der Waals surface area contributed by atoms with Crippen LogP contribution >= 0.6 is 0 Å². The number of para-hydroxylation sites is 1. The Morgan fingerprint density at radius 3 is 2.14 bits per heavy atom. The molecule has 0 aromatic heterocycles. The number of hydrogen-bond acceptors (Lipinski definition) is 2. The smallest absolute Gasteiger partial charge is 0.0490 e. The lowest BCUT2D eigenvalue weighted by molar-refractivity contribution is 1.03. The zero-order chi connectivity index (χ0) is 14.7. The van der Waals surface area contributed by atoms with Gasteiger partial charge >= 0.3 is 0 Å². The molecule has 0 aliphatic rings. The summed E-state index contributed by atoms with van der Waals surface area (Å²) in [5.74, 6) is 0. The molecule has 2 N–H and O–H groups in total. The summed E-state index contributed by atoms with van der Waals surface area (Å²) < 4.78 is 0. The van der Waals surface area contributed by atoms with Gasteiger partial charge < -0.3 is 10.6 Å². The molecule has 0 atom stereocenters. The van der Waals surface area contributed by atoms with E-state index >= 15 is 0 Å². The van der Waals surface area contributed by atoms with Gasteiger partial charge in [-0.15, -0.1) is 0 Å². The topological polar surface area (TPSA) is 29.3 Å². The minimum Gasteiger partial charge on any atom is -0.341 e. The predicted octanol–water partition coefficient (Wildman–Crippen LogP) is 4.46. The van der Waals surface area contributed by atoms with Gasteiger partial charge in [0.05, 0.1) is 0 Å². The van der Waals surface area contributed by atoms with Crippen molar-refractivity contribution in [2.75, 3.05) is 11.4 Å². The van der Waals surface area contributed by atoms with E-state index in [2.05, 4.69) is 72.5 Å². The lowest BCUT2D eigenvalue weighted by atomic mass is 10.0. The zero-order valence-corrected chi connectivity index (χ0v) is 12.3. The molecular formula is C19H20N2. The van der Waals surface area contributed by atoms with E-state index in [-0.39, 0.29) is 0 Å². The van der Waals surface area contributed by atoms with Crippen LogP contribution in [0.25, 0.3) is 10.8 Å². The largest absolute Gasteiger partial charge is 0.341 e. The quantitative estimate of drug-likeness (QED) is 0.762. The average Bonchev–Trinajstić information content (AvgIpc) is 2.56. The lowest BCUT2D eigenvalue weighted by Gasteiger charge is -2.25. The van der Waals surface area contributed by atoms with Gasteiger partial charge in [-0.05, 0) is 36.1 Å². The van der Waals surface area contributed by atoms with Gasteiger partial charge in [0, 0.05) is 29.9 Å². The summed E-state index contributed by atoms with van der Waals surface area (Å²) in [6.07, 6.45) is 0. The third-order valence-corrected chi connectivity index (χ3v) is 3.89. The molecule has 0 aliphatic heterocycles. The number of fused-ring (bicyclic) bond motifs is 1. The molecule has 0 amide bonds. The first-order chi connectivity index (χ1) is 10.3. The van der Waals surface area contributed by atoms with Gasteiger partial charge in [0.1, 0.15) is 0 Å². The summed E-state index contributed by atoms with van der Waals surface area (Å²) in [4.78, 5) is 2.34. The molecule has 106 valence electrons. The normalized spacial score (nSPS) is 10.8. The molecule has 21 heavy (non-hydrogen) atoms. The Kier molecular flexibility index (Phi) is 3.89. The Bertz CT molecular complexity index is 735. The highest BCUT2D eigenvalue weighted by atomic mass is 15.1. The Balaban J connectivity index is 2.20. The lowest BCUT2D eigenvalue weighted by Crippen LogP contribution is -2.16.